The lowest BCUT2D eigenvalue weighted by atomic mass is 9.90. The van der Waals surface area contributed by atoms with Crippen molar-refractivity contribution in [2.24, 2.45) is 15.6 Å². The number of allylic oxidation sites excluding steroid dienone is 2. The third-order valence-electron chi connectivity index (χ3n) is 3.84. The lowest BCUT2D eigenvalue weighted by Gasteiger charge is -2.40. The second-order valence-electron chi connectivity index (χ2n) is 5.92. The molecule has 0 amide bonds. The lowest BCUT2D eigenvalue weighted by molar-refractivity contribution is 0.354. The van der Waals surface area contributed by atoms with Crippen LogP contribution in [0.15, 0.2) is 53.6 Å². The third kappa shape index (κ3) is 4.25. The van der Waals surface area contributed by atoms with Crippen LogP contribution in [0.4, 0.5) is 5.82 Å². The highest BCUT2D eigenvalue weighted by Gasteiger charge is 2.30. The Balaban J connectivity index is 2.09. The Morgan fingerprint density at radius 1 is 1.26 bits per heavy atom. The highest BCUT2D eigenvalue weighted by Crippen LogP contribution is 2.24. The predicted molar refractivity (Wildman–Crippen MR) is 95.9 cm³/mol. The SMILES string of the molecule is C=C/C=C\C(C)(C)/C(=N\N=C)N1CCN(c2cnccn2)CC1. The van der Waals surface area contributed by atoms with Crippen LogP contribution in [-0.4, -0.2) is 53.6 Å². The Hall–Kier alpha value is -2.50. The van der Waals surface area contributed by atoms with Crippen molar-refractivity contribution >= 4 is 18.4 Å². The Morgan fingerprint density at radius 3 is 2.57 bits per heavy atom. The normalized spacial score (nSPS) is 16.7. The highest BCUT2D eigenvalue weighted by atomic mass is 15.3. The van der Waals surface area contributed by atoms with Gasteiger partial charge in [-0.25, -0.2) is 4.98 Å². The molecule has 0 spiro atoms. The summed E-state index contributed by atoms with van der Waals surface area (Å²) in [6.07, 6.45) is 11.0. The van der Waals surface area contributed by atoms with Gasteiger partial charge in [-0.15, -0.1) is 5.10 Å². The van der Waals surface area contributed by atoms with E-state index in [1.54, 1.807) is 24.7 Å². The van der Waals surface area contributed by atoms with E-state index in [0.717, 1.165) is 37.8 Å². The Bertz CT molecular complexity index is 582. The zero-order chi connectivity index (χ0) is 16.7. The van der Waals surface area contributed by atoms with Gasteiger partial charge in [0, 0.05) is 50.7 Å². The number of hydrogen-bond donors (Lipinski definition) is 0. The maximum Gasteiger partial charge on any atom is 0.147 e. The first-order chi connectivity index (χ1) is 11.1. The van der Waals surface area contributed by atoms with Crippen LogP contribution >= 0.6 is 0 Å². The average molecular weight is 312 g/mol. The van der Waals surface area contributed by atoms with Gasteiger partial charge in [0.25, 0.3) is 0 Å². The molecule has 0 radical (unpaired) electrons. The largest absolute Gasteiger partial charge is 0.354 e. The zero-order valence-electron chi connectivity index (χ0n) is 13.9. The fraction of sp³-hybridized carbons (Fsp3) is 0.412. The second kappa shape index (κ2) is 7.67. The molecule has 6 heteroatoms. The van der Waals surface area contributed by atoms with Gasteiger partial charge in [0.2, 0.25) is 0 Å². The molecule has 2 heterocycles. The van der Waals surface area contributed by atoms with Crippen molar-refractivity contribution in [1.29, 1.82) is 0 Å². The van der Waals surface area contributed by atoms with E-state index in [1.165, 1.54) is 0 Å². The minimum atomic E-state index is -0.232. The number of rotatable bonds is 5. The lowest BCUT2D eigenvalue weighted by Crippen LogP contribution is -2.52. The van der Waals surface area contributed by atoms with Crippen LogP contribution in [0, 0.1) is 5.41 Å². The molecule has 1 aliphatic heterocycles. The molecular formula is C17H24N6. The van der Waals surface area contributed by atoms with E-state index in [9.17, 15) is 0 Å². The van der Waals surface area contributed by atoms with Gasteiger partial charge in [-0.3, -0.25) is 4.98 Å². The van der Waals surface area contributed by atoms with Crippen molar-refractivity contribution in [3.05, 3.63) is 43.4 Å². The number of aromatic nitrogens is 2. The van der Waals surface area contributed by atoms with Crippen molar-refractivity contribution in [2.75, 3.05) is 31.1 Å². The molecule has 0 atom stereocenters. The van der Waals surface area contributed by atoms with E-state index in [0.29, 0.717) is 0 Å². The van der Waals surface area contributed by atoms with Crippen LogP contribution in [0.3, 0.4) is 0 Å². The summed E-state index contributed by atoms with van der Waals surface area (Å²) >= 11 is 0. The quantitative estimate of drug-likeness (QED) is 0.362. The van der Waals surface area contributed by atoms with Gasteiger partial charge in [-0.05, 0) is 13.8 Å². The van der Waals surface area contributed by atoms with E-state index in [1.807, 2.05) is 6.08 Å². The molecule has 122 valence electrons. The van der Waals surface area contributed by atoms with Crippen molar-refractivity contribution in [2.45, 2.75) is 13.8 Å². The van der Waals surface area contributed by atoms with E-state index in [2.05, 4.69) is 63.2 Å². The third-order valence-corrected chi connectivity index (χ3v) is 3.84. The minimum absolute atomic E-state index is 0.232. The fourth-order valence-corrected chi connectivity index (χ4v) is 2.65. The first-order valence-corrected chi connectivity index (χ1v) is 7.69. The molecule has 6 nitrogen and oxygen atoms in total. The number of nitrogens with zero attached hydrogens (tertiary/aromatic N) is 6. The van der Waals surface area contributed by atoms with Gasteiger partial charge in [0.05, 0.1) is 6.20 Å². The van der Waals surface area contributed by atoms with Gasteiger partial charge >= 0.3 is 0 Å². The summed E-state index contributed by atoms with van der Waals surface area (Å²) in [6, 6.07) is 0. The molecule has 23 heavy (non-hydrogen) atoms. The number of hydrogen-bond acceptors (Lipinski definition) is 5. The molecule has 1 aromatic heterocycles. The van der Waals surface area contributed by atoms with Crippen LogP contribution in [0.5, 0.6) is 0 Å². The van der Waals surface area contributed by atoms with E-state index < -0.39 is 0 Å². The maximum atomic E-state index is 4.36. The molecule has 1 saturated heterocycles. The molecule has 0 N–H and O–H groups in total. The summed E-state index contributed by atoms with van der Waals surface area (Å²) in [7, 11) is 0. The highest BCUT2D eigenvalue weighted by molar-refractivity contribution is 5.89. The van der Waals surface area contributed by atoms with Crippen LogP contribution in [0.25, 0.3) is 0 Å². The van der Waals surface area contributed by atoms with Gasteiger partial charge < -0.3 is 9.80 Å². The van der Waals surface area contributed by atoms with Crippen molar-refractivity contribution in [3.63, 3.8) is 0 Å². The van der Waals surface area contributed by atoms with Gasteiger partial charge in [0.1, 0.15) is 11.7 Å². The molecule has 0 saturated carbocycles. The summed E-state index contributed by atoms with van der Waals surface area (Å²) < 4.78 is 0. The van der Waals surface area contributed by atoms with Crippen LogP contribution in [0.1, 0.15) is 13.8 Å². The Labute approximate surface area is 138 Å². The Kier molecular flexibility index (Phi) is 5.62. The van der Waals surface area contributed by atoms with E-state index in [-0.39, 0.29) is 5.41 Å². The summed E-state index contributed by atoms with van der Waals surface area (Å²) in [4.78, 5) is 13.0. The predicted octanol–water partition coefficient (Wildman–Crippen LogP) is 2.38. The molecule has 1 aliphatic rings. The molecule has 0 aromatic carbocycles. The molecule has 1 aromatic rings. The second-order valence-corrected chi connectivity index (χ2v) is 5.92. The summed E-state index contributed by atoms with van der Waals surface area (Å²) in [5.41, 5.74) is -0.232. The van der Waals surface area contributed by atoms with Crippen LogP contribution < -0.4 is 4.90 Å². The van der Waals surface area contributed by atoms with Crippen molar-refractivity contribution in [3.8, 4) is 0 Å². The van der Waals surface area contributed by atoms with E-state index in [4.69, 9.17) is 0 Å². The van der Waals surface area contributed by atoms with Gasteiger partial charge in [-0.1, -0.05) is 24.8 Å². The topological polar surface area (TPSA) is 57.0 Å². The van der Waals surface area contributed by atoms with Crippen molar-refractivity contribution < 1.29 is 0 Å². The van der Waals surface area contributed by atoms with Gasteiger partial charge in [-0.2, -0.15) is 5.10 Å². The van der Waals surface area contributed by atoms with Crippen molar-refractivity contribution in [1.82, 2.24) is 14.9 Å². The zero-order valence-corrected chi connectivity index (χ0v) is 13.9. The number of piperazine rings is 1. The number of amidine groups is 1. The number of anilines is 1. The first-order valence-electron chi connectivity index (χ1n) is 7.69. The van der Waals surface area contributed by atoms with Crippen LogP contribution in [0.2, 0.25) is 0 Å². The average Bonchev–Trinajstić information content (AvgIpc) is 2.59. The molecule has 2 rings (SSSR count). The van der Waals surface area contributed by atoms with E-state index >= 15 is 0 Å². The maximum absolute atomic E-state index is 4.36. The molecule has 1 fully saturated rings. The molecule has 0 aliphatic carbocycles. The fourth-order valence-electron chi connectivity index (χ4n) is 2.65. The molecule has 0 bridgehead atoms. The van der Waals surface area contributed by atoms with Gasteiger partial charge in [0.15, 0.2) is 0 Å². The summed E-state index contributed by atoms with van der Waals surface area (Å²) in [5, 5.41) is 8.06. The standard InChI is InChI=1S/C17H24N6/c1-5-6-7-17(2,3)16(21-18-4)23-12-10-22(11-13-23)15-14-19-8-9-20-15/h5-9,14H,1,4,10-13H2,2-3H3/b7-6-,21-16+. The monoisotopic (exact) mass is 312 g/mol. The first kappa shape index (κ1) is 16.9. The molecule has 0 unspecified atom stereocenters. The summed E-state index contributed by atoms with van der Waals surface area (Å²) in [5.74, 6) is 1.84. The van der Waals surface area contributed by atoms with Crippen LogP contribution in [-0.2, 0) is 0 Å². The Morgan fingerprint density at radius 2 is 2.00 bits per heavy atom. The minimum Gasteiger partial charge on any atom is -0.354 e. The smallest absolute Gasteiger partial charge is 0.147 e. The summed E-state index contributed by atoms with van der Waals surface area (Å²) in [6.45, 7) is 14.9. The molecular weight excluding hydrogens is 288 g/mol.